The van der Waals surface area contributed by atoms with Gasteiger partial charge < -0.3 is 33.8 Å². The Bertz CT molecular complexity index is 1950. The summed E-state index contributed by atoms with van der Waals surface area (Å²) in [4.78, 5) is 73.0. The van der Waals surface area contributed by atoms with Crippen LogP contribution in [0.3, 0.4) is 0 Å². The van der Waals surface area contributed by atoms with Crippen LogP contribution >= 0.6 is 15.6 Å². The SMILES string of the molecule is CCCCCC/C=C\CCCCCCCCCC(=O)OC[C@H](COP(=O)(O)OC[C@H](O)COP(=O)(O)OC[C@@H](COC(=O)CCCCCCC/C=C\CCCCCCCC)OC(=O)CCCCCCCCCCCCCCCCC)OC(=O)CCCCCCCCCCCCCCC. The molecular weight excluding hydrogens is 1280 g/mol. The first-order chi connectivity index (χ1) is 47.7. The first kappa shape index (κ1) is 95.5. The van der Waals surface area contributed by atoms with Crippen LogP contribution in [0.15, 0.2) is 24.3 Å². The zero-order valence-electron chi connectivity index (χ0n) is 63.2. The molecule has 0 bridgehead atoms. The van der Waals surface area contributed by atoms with Gasteiger partial charge in [0.25, 0.3) is 0 Å². The molecule has 0 amide bonds. The summed E-state index contributed by atoms with van der Waals surface area (Å²) >= 11 is 0. The molecule has 0 saturated heterocycles. The van der Waals surface area contributed by atoms with Crippen molar-refractivity contribution in [3.05, 3.63) is 24.3 Å². The molecule has 0 spiro atoms. The lowest BCUT2D eigenvalue weighted by Crippen LogP contribution is -2.30. The summed E-state index contributed by atoms with van der Waals surface area (Å²) in [5.41, 5.74) is 0. The van der Waals surface area contributed by atoms with E-state index in [1.54, 1.807) is 0 Å². The van der Waals surface area contributed by atoms with Gasteiger partial charge in [0, 0.05) is 25.7 Å². The Kier molecular flexibility index (Phi) is 71.0. The van der Waals surface area contributed by atoms with E-state index in [1.165, 1.54) is 193 Å². The molecule has 0 aliphatic heterocycles. The molecule has 0 rings (SSSR count). The maximum absolute atomic E-state index is 13.1. The van der Waals surface area contributed by atoms with Gasteiger partial charge in [-0.25, -0.2) is 9.13 Å². The highest BCUT2D eigenvalue weighted by Gasteiger charge is 2.30. The lowest BCUT2D eigenvalue weighted by Gasteiger charge is -2.21. The van der Waals surface area contributed by atoms with Gasteiger partial charge in [-0.15, -0.1) is 0 Å². The van der Waals surface area contributed by atoms with Gasteiger partial charge in [-0.2, -0.15) is 0 Å². The number of carbonyl (C=O) groups is 4. The van der Waals surface area contributed by atoms with E-state index in [9.17, 15) is 43.2 Å². The Morgan fingerprint density at radius 2 is 0.469 bits per heavy atom. The zero-order chi connectivity index (χ0) is 71.8. The highest BCUT2D eigenvalue weighted by Crippen LogP contribution is 2.45. The average molecular weight is 1430 g/mol. The van der Waals surface area contributed by atoms with Crippen molar-refractivity contribution in [2.24, 2.45) is 0 Å². The summed E-state index contributed by atoms with van der Waals surface area (Å²) in [6, 6.07) is 0. The summed E-state index contributed by atoms with van der Waals surface area (Å²) in [5, 5.41) is 10.6. The molecule has 0 saturated carbocycles. The van der Waals surface area contributed by atoms with Crippen LogP contribution in [0.4, 0.5) is 0 Å². The maximum atomic E-state index is 13.1. The number of hydrogen-bond donors (Lipinski definition) is 3. The molecule has 0 aromatic rings. The van der Waals surface area contributed by atoms with Crippen LogP contribution in [-0.2, 0) is 65.4 Å². The van der Waals surface area contributed by atoms with E-state index in [1.807, 2.05) is 0 Å². The van der Waals surface area contributed by atoms with Crippen LogP contribution in [0.2, 0.25) is 0 Å². The molecule has 578 valence electrons. The van der Waals surface area contributed by atoms with Crippen molar-refractivity contribution in [2.75, 3.05) is 39.6 Å². The fourth-order valence-electron chi connectivity index (χ4n) is 11.7. The number of rotatable bonds is 78. The van der Waals surface area contributed by atoms with Gasteiger partial charge in [0.2, 0.25) is 0 Å². The summed E-state index contributed by atoms with van der Waals surface area (Å²) < 4.78 is 68.6. The molecule has 0 aliphatic rings. The van der Waals surface area contributed by atoms with Crippen molar-refractivity contribution < 1.29 is 80.2 Å². The van der Waals surface area contributed by atoms with Gasteiger partial charge in [0.15, 0.2) is 12.2 Å². The van der Waals surface area contributed by atoms with Gasteiger partial charge >= 0.3 is 39.5 Å². The number of allylic oxidation sites excluding steroid dienone is 4. The van der Waals surface area contributed by atoms with Gasteiger partial charge in [0.05, 0.1) is 26.4 Å². The van der Waals surface area contributed by atoms with Crippen LogP contribution in [0.1, 0.15) is 400 Å². The Morgan fingerprint density at radius 1 is 0.276 bits per heavy atom. The topological polar surface area (TPSA) is 237 Å². The van der Waals surface area contributed by atoms with Crippen molar-refractivity contribution in [2.45, 2.75) is 418 Å². The first-order valence-electron chi connectivity index (χ1n) is 40.6. The zero-order valence-corrected chi connectivity index (χ0v) is 65.0. The Morgan fingerprint density at radius 3 is 0.714 bits per heavy atom. The second kappa shape index (κ2) is 72.9. The maximum Gasteiger partial charge on any atom is 0.472 e. The Hall–Kier alpha value is -2.46. The number of ether oxygens (including phenoxy) is 4. The standard InChI is InChI=1S/C79H150O17P2/c1-5-9-13-17-21-25-29-33-36-40-43-47-51-55-59-63-76(81)89-69-74(95-78(83)65-61-57-53-49-45-39-32-28-24-20-16-12-8-4)71-93-97(85,86)91-67-73(80)68-92-98(87,88)94-72-75(96-79(84)66-62-58-54-50-46-42-38-35-31-27-23-19-15-11-7-3)70-90-77(82)64-60-56-52-48-44-41-37-34-30-26-22-18-14-10-6-2/h25,29,34,37,73-75,80H,5-24,26-28,30-33,35-36,38-72H2,1-4H3,(H,85,86)(H,87,88)/b29-25-,37-34-/t73-,74+,75+/m0/s1. The third-order valence-corrected chi connectivity index (χ3v) is 19.8. The lowest BCUT2D eigenvalue weighted by molar-refractivity contribution is -0.161. The van der Waals surface area contributed by atoms with Crippen molar-refractivity contribution in [3.63, 3.8) is 0 Å². The number of phosphoric ester groups is 2. The fraction of sp³-hybridized carbons (Fsp3) is 0.899. The summed E-state index contributed by atoms with van der Waals surface area (Å²) in [7, 11) is -9.93. The summed E-state index contributed by atoms with van der Waals surface area (Å²) in [6.07, 6.45) is 67.2. The van der Waals surface area contributed by atoms with Gasteiger partial charge in [-0.1, -0.05) is 322 Å². The van der Waals surface area contributed by atoms with Crippen LogP contribution in [0.5, 0.6) is 0 Å². The largest absolute Gasteiger partial charge is 0.472 e. The highest BCUT2D eigenvalue weighted by molar-refractivity contribution is 7.47. The highest BCUT2D eigenvalue weighted by atomic mass is 31.2. The molecule has 17 nitrogen and oxygen atoms in total. The third-order valence-electron chi connectivity index (χ3n) is 17.9. The molecule has 0 radical (unpaired) electrons. The van der Waals surface area contributed by atoms with Gasteiger partial charge in [0.1, 0.15) is 19.3 Å². The second-order valence-corrected chi connectivity index (χ2v) is 30.6. The van der Waals surface area contributed by atoms with Crippen LogP contribution in [-0.4, -0.2) is 96.7 Å². The smallest absolute Gasteiger partial charge is 0.462 e. The van der Waals surface area contributed by atoms with Crippen molar-refractivity contribution >= 4 is 39.5 Å². The first-order valence-corrected chi connectivity index (χ1v) is 43.6. The van der Waals surface area contributed by atoms with Gasteiger partial charge in [-0.3, -0.25) is 37.3 Å². The Balaban J connectivity index is 5.29. The number of carbonyl (C=O) groups excluding carboxylic acids is 4. The molecule has 98 heavy (non-hydrogen) atoms. The summed E-state index contributed by atoms with van der Waals surface area (Å²) in [6.45, 7) is 4.96. The Labute approximate surface area is 599 Å². The van der Waals surface area contributed by atoms with E-state index in [4.69, 9.17) is 37.0 Å². The minimum absolute atomic E-state index is 0.104. The number of esters is 4. The number of unbranched alkanes of at least 4 members (excludes halogenated alkanes) is 48. The van der Waals surface area contributed by atoms with E-state index in [-0.39, 0.29) is 25.7 Å². The van der Waals surface area contributed by atoms with Crippen LogP contribution < -0.4 is 0 Å². The molecule has 19 heteroatoms. The predicted octanol–water partition coefficient (Wildman–Crippen LogP) is 23.3. The average Bonchev–Trinajstić information content (AvgIpc) is 0.959. The molecule has 0 fully saturated rings. The van der Waals surface area contributed by atoms with Crippen molar-refractivity contribution in [3.8, 4) is 0 Å². The molecular formula is C79H150O17P2. The minimum atomic E-state index is -4.96. The normalized spacial score (nSPS) is 14.0. The van der Waals surface area contributed by atoms with E-state index in [2.05, 4.69) is 52.0 Å². The fourth-order valence-corrected chi connectivity index (χ4v) is 13.3. The number of phosphoric acid groups is 2. The van der Waals surface area contributed by atoms with E-state index < -0.39 is 97.5 Å². The lowest BCUT2D eigenvalue weighted by atomic mass is 10.0. The second-order valence-electron chi connectivity index (χ2n) is 27.7. The molecule has 0 aromatic carbocycles. The van der Waals surface area contributed by atoms with Crippen LogP contribution in [0, 0.1) is 0 Å². The van der Waals surface area contributed by atoms with E-state index in [0.717, 1.165) is 128 Å². The number of aliphatic hydroxyl groups excluding tert-OH is 1. The van der Waals surface area contributed by atoms with E-state index >= 15 is 0 Å². The molecule has 0 aliphatic carbocycles. The quantitative estimate of drug-likeness (QED) is 0.0169. The molecule has 0 aromatic heterocycles. The van der Waals surface area contributed by atoms with Crippen molar-refractivity contribution in [1.29, 1.82) is 0 Å². The van der Waals surface area contributed by atoms with Crippen LogP contribution in [0.25, 0.3) is 0 Å². The molecule has 3 N–H and O–H groups in total. The van der Waals surface area contributed by atoms with Crippen molar-refractivity contribution in [1.82, 2.24) is 0 Å². The number of aliphatic hydroxyl groups is 1. The number of hydrogen-bond acceptors (Lipinski definition) is 15. The van der Waals surface area contributed by atoms with Gasteiger partial charge in [-0.05, 0) is 77.0 Å². The molecule has 5 atom stereocenters. The molecule has 2 unspecified atom stereocenters. The molecule has 0 heterocycles. The van der Waals surface area contributed by atoms with E-state index in [0.29, 0.717) is 25.7 Å². The monoisotopic (exact) mass is 1430 g/mol. The minimum Gasteiger partial charge on any atom is -0.462 e. The third kappa shape index (κ3) is 71.9. The predicted molar refractivity (Wildman–Crippen MR) is 400 cm³/mol. The summed E-state index contributed by atoms with van der Waals surface area (Å²) in [5.74, 6) is -2.13.